The van der Waals surface area contributed by atoms with E-state index in [1.54, 1.807) is 29.2 Å². The van der Waals surface area contributed by atoms with Crippen molar-refractivity contribution >= 4 is 26.8 Å². The Hall–Kier alpha value is -2.67. The summed E-state index contributed by atoms with van der Waals surface area (Å²) in [5.41, 5.74) is 2.22. The van der Waals surface area contributed by atoms with Crippen LogP contribution in [0.3, 0.4) is 0 Å². The van der Waals surface area contributed by atoms with E-state index in [1.165, 1.54) is 4.57 Å². The lowest BCUT2D eigenvalue weighted by molar-refractivity contribution is -0.134. The van der Waals surface area contributed by atoms with Crippen molar-refractivity contribution in [2.75, 3.05) is 6.26 Å². The van der Waals surface area contributed by atoms with E-state index in [1.807, 2.05) is 44.2 Å². The predicted molar refractivity (Wildman–Crippen MR) is 105 cm³/mol. The maximum atomic E-state index is 13.1. The van der Waals surface area contributed by atoms with Gasteiger partial charge in [0.05, 0.1) is 11.0 Å². The molecule has 27 heavy (non-hydrogen) atoms. The maximum Gasteiger partial charge on any atom is 0.243 e. The van der Waals surface area contributed by atoms with Crippen LogP contribution >= 0.6 is 0 Å². The SMILES string of the molecule is CC(C)N(Cc1ccccc1)C(=O)Cn1c(S(C)(=O)=O)nc2ccccc21. The van der Waals surface area contributed by atoms with Crippen LogP contribution in [0.5, 0.6) is 0 Å². The molecular weight excluding hydrogens is 362 g/mol. The van der Waals surface area contributed by atoms with E-state index in [4.69, 9.17) is 0 Å². The van der Waals surface area contributed by atoms with Gasteiger partial charge in [0.25, 0.3) is 0 Å². The second-order valence-electron chi connectivity index (χ2n) is 6.84. The molecule has 0 atom stereocenters. The van der Waals surface area contributed by atoms with Gasteiger partial charge in [-0.3, -0.25) is 4.79 Å². The molecule has 0 aliphatic carbocycles. The Kier molecular flexibility index (Phi) is 5.32. The van der Waals surface area contributed by atoms with Crippen molar-refractivity contribution in [2.45, 2.75) is 38.1 Å². The molecule has 3 aromatic rings. The highest BCUT2D eigenvalue weighted by Crippen LogP contribution is 2.20. The first kappa shape index (κ1) is 19.1. The molecule has 1 heterocycles. The fourth-order valence-corrected chi connectivity index (χ4v) is 3.88. The molecule has 0 aliphatic heterocycles. The molecule has 6 nitrogen and oxygen atoms in total. The summed E-state index contributed by atoms with van der Waals surface area (Å²) in [7, 11) is -3.56. The average Bonchev–Trinajstić information content (AvgIpc) is 2.99. The van der Waals surface area contributed by atoms with Crippen LogP contribution in [0.15, 0.2) is 59.8 Å². The molecule has 0 bridgehead atoms. The Balaban J connectivity index is 1.96. The Bertz CT molecular complexity index is 1060. The first-order valence-electron chi connectivity index (χ1n) is 8.76. The first-order valence-corrected chi connectivity index (χ1v) is 10.6. The highest BCUT2D eigenvalue weighted by Gasteiger charge is 2.24. The Labute approximate surface area is 159 Å². The van der Waals surface area contributed by atoms with Gasteiger partial charge in [0, 0.05) is 18.8 Å². The topological polar surface area (TPSA) is 72.3 Å². The molecule has 142 valence electrons. The van der Waals surface area contributed by atoms with Gasteiger partial charge in [0.1, 0.15) is 6.54 Å². The Morgan fingerprint density at radius 1 is 1.07 bits per heavy atom. The molecule has 2 aromatic carbocycles. The number of amides is 1. The second kappa shape index (κ2) is 7.52. The number of nitrogens with zero attached hydrogens (tertiary/aromatic N) is 3. The number of aromatic nitrogens is 2. The highest BCUT2D eigenvalue weighted by atomic mass is 32.2. The molecule has 0 saturated heterocycles. The summed E-state index contributed by atoms with van der Waals surface area (Å²) >= 11 is 0. The van der Waals surface area contributed by atoms with E-state index in [0.29, 0.717) is 17.6 Å². The van der Waals surface area contributed by atoms with Crippen molar-refractivity contribution in [3.05, 3.63) is 60.2 Å². The lowest BCUT2D eigenvalue weighted by Gasteiger charge is -2.27. The number of sulfone groups is 1. The van der Waals surface area contributed by atoms with Crippen molar-refractivity contribution in [1.82, 2.24) is 14.5 Å². The molecule has 0 unspecified atom stereocenters. The fourth-order valence-electron chi connectivity index (χ4n) is 3.05. The molecule has 0 spiro atoms. The molecule has 0 aliphatic rings. The first-order chi connectivity index (χ1) is 12.8. The zero-order chi connectivity index (χ0) is 19.6. The number of hydrogen-bond acceptors (Lipinski definition) is 4. The number of fused-ring (bicyclic) bond motifs is 1. The van der Waals surface area contributed by atoms with Crippen molar-refractivity contribution in [1.29, 1.82) is 0 Å². The van der Waals surface area contributed by atoms with Gasteiger partial charge in [-0.2, -0.15) is 0 Å². The summed E-state index contributed by atoms with van der Waals surface area (Å²) in [5.74, 6) is -0.151. The van der Waals surface area contributed by atoms with Gasteiger partial charge in [0.2, 0.25) is 20.9 Å². The minimum atomic E-state index is -3.56. The number of carbonyl (C=O) groups excluding carboxylic acids is 1. The summed E-state index contributed by atoms with van der Waals surface area (Å²) in [6, 6.07) is 16.8. The summed E-state index contributed by atoms with van der Waals surface area (Å²) in [5, 5.41) is -0.0829. The standard InChI is InChI=1S/C20H23N3O3S/c1-15(2)22(13-16-9-5-4-6-10-16)19(24)14-23-18-12-8-7-11-17(18)21-20(23)27(3,25)26/h4-12,15H,13-14H2,1-3H3. The van der Waals surface area contributed by atoms with E-state index < -0.39 is 9.84 Å². The van der Waals surface area contributed by atoms with Gasteiger partial charge >= 0.3 is 0 Å². The average molecular weight is 385 g/mol. The lowest BCUT2D eigenvalue weighted by Crippen LogP contribution is -2.38. The minimum Gasteiger partial charge on any atom is -0.334 e. The van der Waals surface area contributed by atoms with E-state index in [-0.39, 0.29) is 23.7 Å². The van der Waals surface area contributed by atoms with Crippen LogP contribution in [0, 0.1) is 0 Å². The number of benzene rings is 2. The van der Waals surface area contributed by atoms with Gasteiger partial charge in [0.15, 0.2) is 0 Å². The van der Waals surface area contributed by atoms with Crippen molar-refractivity contribution in [3.8, 4) is 0 Å². The zero-order valence-corrected chi connectivity index (χ0v) is 16.5. The third-order valence-corrected chi connectivity index (χ3v) is 5.36. The smallest absolute Gasteiger partial charge is 0.243 e. The van der Waals surface area contributed by atoms with E-state index >= 15 is 0 Å². The monoisotopic (exact) mass is 385 g/mol. The van der Waals surface area contributed by atoms with Crippen LogP contribution in [0.2, 0.25) is 0 Å². The Morgan fingerprint density at radius 3 is 2.33 bits per heavy atom. The van der Waals surface area contributed by atoms with Gasteiger partial charge in [-0.15, -0.1) is 0 Å². The predicted octanol–water partition coefficient (Wildman–Crippen LogP) is 2.88. The zero-order valence-electron chi connectivity index (χ0n) is 15.7. The molecule has 0 saturated carbocycles. The summed E-state index contributed by atoms with van der Waals surface area (Å²) in [4.78, 5) is 19.0. The Morgan fingerprint density at radius 2 is 1.70 bits per heavy atom. The normalized spacial score (nSPS) is 11.9. The van der Waals surface area contributed by atoms with E-state index in [2.05, 4.69) is 4.98 Å². The van der Waals surface area contributed by atoms with Crippen molar-refractivity contribution < 1.29 is 13.2 Å². The van der Waals surface area contributed by atoms with E-state index in [9.17, 15) is 13.2 Å². The third kappa shape index (κ3) is 4.19. The summed E-state index contributed by atoms with van der Waals surface area (Å²) in [6.07, 6.45) is 1.11. The quantitative estimate of drug-likeness (QED) is 0.654. The molecule has 0 fully saturated rings. The van der Waals surface area contributed by atoms with Crippen LogP contribution < -0.4 is 0 Å². The van der Waals surface area contributed by atoms with Crippen LogP contribution in [-0.4, -0.2) is 41.1 Å². The summed E-state index contributed by atoms with van der Waals surface area (Å²) in [6.45, 7) is 4.29. The molecule has 0 N–H and O–H groups in total. The van der Waals surface area contributed by atoms with Gasteiger partial charge in [-0.05, 0) is 31.5 Å². The van der Waals surface area contributed by atoms with Crippen LogP contribution in [0.1, 0.15) is 19.4 Å². The van der Waals surface area contributed by atoms with Gasteiger partial charge in [-0.25, -0.2) is 13.4 Å². The third-order valence-electron chi connectivity index (χ3n) is 4.38. The highest BCUT2D eigenvalue weighted by molar-refractivity contribution is 7.90. The van der Waals surface area contributed by atoms with E-state index in [0.717, 1.165) is 11.8 Å². The molecule has 1 aromatic heterocycles. The maximum absolute atomic E-state index is 13.1. The number of rotatable bonds is 6. The van der Waals surface area contributed by atoms with Gasteiger partial charge in [-0.1, -0.05) is 42.5 Å². The largest absolute Gasteiger partial charge is 0.334 e. The molecule has 0 radical (unpaired) electrons. The number of hydrogen-bond donors (Lipinski definition) is 0. The molecule has 1 amide bonds. The van der Waals surface area contributed by atoms with Crippen molar-refractivity contribution in [2.24, 2.45) is 0 Å². The number of imidazole rings is 1. The summed E-state index contributed by atoms with van der Waals surface area (Å²) < 4.78 is 25.9. The van der Waals surface area contributed by atoms with Crippen LogP contribution in [0.4, 0.5) is 0 Å². The number of para-hydroxylation sites is 2. The second-order valence-corrected chi connectivity index (χ2v) is 8.75. The molecule has 3 rings (SSSR count). The minimum absolute atomic E-state index is 0.0193. The molecule has 7 heteroatoms. The van der Waals surface area contributed by atoms with Crippen LogP contribution in [-0.2, 0) is 27.7 Å². The lowest BCUT2D eigenvalue weighted by atomic mass is 10.2. The molecular formula is C20H23N3O3S. The fraction of sp³-hybridized carbons (Fsp3) is 0.300. The van der Waals surface area contributed by atoms with Crippen molar-refractivity contribution in [3.63, 3.8) is 0 Å². The number of carbonyl (C=O) groups is 1. The van der Waals surface area contributed by atoms with Crippen LogP contribution in [0.25, 0.3) is 11.0 Å². The van der Waals surface area contributed by atoms with Gasteiger partial charge < -0.3 is 9.47 Å².